The van der Waals surface area contributed by atoms with Gasteiger partial charge < -0.3 is 9.64 Å². The van der Waals surface area contributed by atoms with Crippen molar-refractivity contribution in [2.45, 2.75) is 26.2 Å². The molecule has 0 aromatic heterocycles. The molecular formula is C12H19NO3. The number of likely N-dealkylation sites (tertiary alicyclic amines) is 1. The molecule has 0 radical (unpaired) electrons. The molecule has 0 bridgehead atoms. The van der Waals surface area contributed by atoms with Gasteiger partial charge in [0.1, 0.15) is 5.78 Å². The minimum absolute atomic E-state index is 0.00205. The van der Waals surface area contributed by atoms with E-state index in [4.69, 9.17) is 4.74 Å². The number of Topliss-reactive ketones (excluding diaryl/α,β-unsaturated/α-hetero) is 1. The zero-order valence-electron chi connectivity index (χ0n) is 9.78. The lowest BCUT2D eigenvalue weighted by Gasteiger charge is -2.33. The molecule has 0 N–H and O–H groups in total. The Bertz CT molecular complexity index is 284. The van der Waals surface area contributed by atoms with Gasteiger partial charge in [0.15, 0.2) is 0 Å². The molecule has 2 unspecified atom stereocenters. The second-order valence-corrected chi connectivity index (χ2v) is 4.82. The number of rotatable bonds is 1. The molecule has 0 spiro atoms. The van der Waals surface area contributed by atoms with Crippen molar-refractivity contribution in [1.29, 1.82) is 0 Å². The van der Waals surface area contributed by atoms with Crippen LogP contribution in [-0.4, -0.2) is 42.9 Å². The summed E-state index contributed by atoms with van der Waals surface area (Å²) in [5, 5.41) is 0. The summed E-state index contributed by atoms with van der Waals surface area (Å²) in [7, 11) is 0. The van der Waals surface area contributed by atoms with Crippen molar-refractivity contribution in [2.75, 3.05) is 26.3 Å². The summed E-state index contributed by atoms with van der Waals surface area (Å²) in [4.78, 5) is 25.4. The summed E-state index contributed by atoms with van der Waals surface area (Å²) < 4.78 is 5.33. The number of ether oxygens (including phenoxy) is 1. The van der Waals surface area contributed by atoms with Gasteiger partial charge in [-0.25, -0.2) is 0 Å². The van der Waals surface area contributed by atoms with Gasteiger partial charge in [-0.1, -0.05) is 6.92 Å². The van der Waals surface area contributed by atoms with Crippen molar-refractivity contribution in [3.8, 4) is 0 Å². The summed E-state index contributed by atoms with van der Waals surface area (Å²) in [6.45, 7) is 4.42. The molecule has 0 aromatic carbocycles. The molecule has 2 aliphatic heterocycles. The first-order valence-electron chi connectivity index (χ1n) is 6.07. The van der Waals surface area contributed by atoms with Crippen molar-refractivity contribution < 1.29 is 14.3 Å². The van der Waals surface area contributed by atoms with Crippen molar-refractivity contribution in [2.24, 2.45) is 11.8 Å². The minimum Gasteiger partial charge on any atom is -0.381 e. The van der Waals surface area contributed by atoms with Crippen LogP contribution in [0.3, 0.4) is 0 Å². The maximum atomic E-state index is 12.1. The van der Waals surface area contributed by atoms with Gasteiger partial charge in [0.25, 0.3) is 0 Å². The van der Waals surface area contributed by atoms with Crippen molar-refractivity contribution in [3.63, 3.8) is 0 Å². The van der Waals surface area contributed by atoms with Crippen LogP contribution in [0.25, 0.3) is 0 Å². The molecule has 1 amide bonds. The van der Waals surface area contributed by atoms with Gasteiger partial charge in [-0.2, -0.15) is 0 Å². The first-order chi connectivity index (χ1) is 7.68. The SMILES string of the molecule is CC1CN(C(=O)C2CCCOC2)CCC1=O. The molecular weight excluding hydrogens is 206 g/mol. The molecule has 2 fully saturated rings. The van der Waals surface area contributed by atoms with Crippen molar-refractivity contribution in [1.82, 2.24) is 4.90 Å². The van der Waals surface area contributed by atoms with Gasteiger partial charge in [-0.3, -0.25) is 9.59 Å². The van der Waals surface area contributed by atoms with Crippen LogP contribution in [0.4, 0.5) is 0 Å². The number of hydrogen-bond acceptors (Lipinski definition) is 3. The third-order valence-corrected chi connectivity index (χ3v) is 3.49. The largest absolute Gasteiger partial charge is 0.381 e. The monoisotopic (exact) mass is 225 g/mol. The van der Waals surface area contributed by atoms with Gasteiger partial charge in [0.05, 0.1) is 12.5 Å². The third-order valence-electron chi connectivity index (χ3n) is 3.49. The van der Waals surface area contributed by atoms with Gasteiger partial charge in [0.2, 0.25) is 5.91 Å². The fraction of sp³-hybridized carbons (Fsp3) is 0.833. The quantitative estimate of drug-likeness (QED) is 0.664. The van der Waals surface area contributed by atoms with E-state index in [2.05, 4.69) is 0 Å². The number of hydrogen-bond donors (Lipinski definition) is 0. The van der Waals surface area contributed by atoms with Crippen LogP contribution >= 0.6 is 0 Å². The average molecular weight is 225 g/mol. The molecule has 2 saturated heterocycles. The lowest BCUT2D eigenvalue weighted by Crippen LogP contribution is -2.47. The number of amides is 1. The Morgan fingerprint density at radius 1 is 1.50 bits per heavy atom. The van der Waals surface area contributed by atoms with Gasteiger partial charge in [0, 0.05) is 32.0 Å². The highest BCUT2D eigenvalue weighted by Crippen LogP contribution is 2.20. The molecule has 0 aliphatic carbocycles. The van der Waals surface area contributed by atoms with Crippen molar-refractivity contribution in [3.05, 3.63) is 0 Å². The van der Waals surface area contributed by atoms with Gasteiger partial charge in [-0.15, -0.1) is 0 Å². The van der Waals surface area contributed by atoms with Crippen LogP contribution in [0.15, 0.2) is 0 Å². The summed E-state index contributed by atoms with van der Waals surface area (Å²) >= 11 is 0. The number of ketones is 1. The Morgan fingerprint density at radius 3 is 2.94 bits per heavy atom. The van der Waals surface area contributed by atoms with E-state index in [0.29, 0.717) is 26.1 Å². The number of carbonyl (C=O) groups excluding carboxylic acids is 2. The highest BCUT2D eigenvalue weighted by Gasteiger charge is 2.31. The van der Waals surface area contributed by atoms with E-state index in [0.717, 1.165) is 19.4 Å². The predicted octanol–water partition coefficient (Wildman–Crippen LogP) is 0.850. The molecule has 2 heterocycles. The minimum atomic E-state index is 0.00205. The van der Waals surface area contributed by atoms with Gasteiger partial charge in [-0.05, 0) is 12.8 Å². The van der Waals surface area contributed by atoms with E-state index in [9.17, 15) is 9.59 Å². The lowest BCUT2D eigenvalue weighted by molar-refractivity contribution is -0.143. The fourth-order valence-corrected chi connectivity index (χ4v) is 2.41. The Balaban J connectivity index is 1.91. The molecule has 0 aromatic rings. The fourth-order valence-electron chi connectivity index (χ4n) is 2.41. The van der Waals surface area contributed by atoms with E-state index in [-0.39, 0.29) is 23.5 Å². The van der Waals surface area contributed by atoms with Gasteiger partial charge >= 0.3 is 0 Å². The molecule has 16 heavy (non-hydrogen) atoms. The second kappa shape index (κ2) is 4.95. The maximum Gasteiger partial charge on any atom is 0.228 e. The smallest absolute Gasteiger partial charge is 0.228 e. The van der Waals surface area contributed by atoms with Crippen molar-refractivity contribution >= 4 is 11.7 Å². The van der Waals surface area contributed by atoms with Crippen LogP contribution in [-0.2, 0) is 14.3 Å². The Hall–Kier alpha value is -0.900. The van der Waals surface area contributed by atoms with E-state index in [1.54, 1.807) is 0 Å². The molecule has 4 nitrogen and oxygen atoms in total. The normalized spacial score (nSPS) is 31.6. The number of carbonyl (C=O) groups is 2. The van der Waals surface area contributed by atoms with E-state index < -0.39 is 0 Å². The first-order valence-corrected chi connectivity index (χ1v) is 6.07. The van der Waals surface area contributed by atoms with E-state index in [1.165, 1.54) is 0 Å². The Morgan fingerprint density at radius 2 is 2.31 bits per heavy atom. The summed E-state index contributed by atoms with van der Waals surface area (Å²) in [6, 6.07) is 0. The molecule has 4 heteroatoms. The standard InChI is InChI=1S/C12H19NO3/c1-9-7-13(5-4-11(9)14)12(15)10-3-2-6-16-8-10/h9-10H,2-8H2,1H3. The maximum absolute atomic E-state index is 12.1. The number of nitrogens with zero attached hydrogens (tertiary/aromatic N) is 1. The van der Waals surface area contributed by atoms with E-state index in [1.807, 2.05) is 11.8 Å². The zero-order valence-corrected chi connectivity index (χ0v) is 9.78. The second-order valence-electron chi connectivity index (χ2n) is 4.82. The predicted molar refractivity (Wildman–Crippen MR) is 58.9 cm³/mol. The molecule has 2 rings (SSSR count). The molecule has 2 aliphatic rings. The zero-order chi connectivity index (χ0) is 11.5. The van der Waals surface area contributed by atoms with Crippen LogP contribution in [0.1, 0.15) is 26.2 Å². The summed E-state index contributed by atoms with van der Waals surface area (Å²) in [6.07, 6.45) is 2.41. The van der Waals surface area contributed by atoms with E-state index >= 15 is 0 Å². The molecule has 0 saturated carbocycles. The number of piperidine rings is 1. The summed E-state index contributed by atoms with van der Waals surface area (Å²) in [5.74, 6) is 0.486. The lowest BCUT2D eigenvalue weighted by atomic mass is 9.95. The topological polar surface area (TPSA) is 46.6 Å². The highest BCUT2D eigenvalue weighted by atomic mass is 16.5. The Kier molecular flexibility index (Phi) is 3.59. The van der Waals surface area contributed by atoms with Crippen LogP contribution in [0.2, 0.25) is 0 Å². The molecule has 90 valence electrons. The molecule has 2 atom stereocenters. The highest BCUT2D eigenvalue weighted by molar-refractivity contribution is 5.85. The summed E-state index contributed by atoms with van der Waals surface area (Å²) in [5.41, 5.74) is 0. The first kappa shape index (κ1) is 11.6. The third kappa shape index (κ3) is 2.43. The van der Waals surface area contributed by atoms with Crippen LogP contribution < -0.4 is 0 Å². The van der Waals surface area contributed by atoms with Crippen LogP contribution in [0, 0.1) is 11.8 Å². The van der Waals surface area contributed by atoms with Crippen LogP contribution in [0.5, 0.6) is 0 Å². The Labute approximate surface area is 95.9 Å². The average Bonchev–Trinajstić information content (AvgIpc) is 2.33.